The summed E-state index contributed by atoms with van der Waals surface area (Å²) in [7, 11) is 0.505. The van der Waals surface area contributed by atoms with E-state index in [9.17, 15) is 10.1 Å². The topological polar surface area (TPSA) is 68.6 Å². The van der Waals surface area contributed by atoms with Gasteiger partial charge < -0.3 is 14.0 Å². The van der Waals surface area contributed by atoms with Crippen molar-refractivity contribution in [3.63, 3.8) is 0 Å². The Hall–Kier alpha value is -1.55. The van der Waals surface area contributed by atoms with Crippen LogP contribution in [-0.4, -0.2) is 31.4 Å². The highest BCUT2D eigenvalue weighted by molar-refractivity contribution is 6.63. The number of rotatable bonds is 2. The molecule has 1 saturated heterocycles. The summed E-state index contributed by atoms with van der Waals surface area (Å²) in [5.74, 6) is -0.538. The van der Waals surface area contributed by atoms with E-state index in [4.69, 9.17) is 25.6 Å². The minimum absolute atomic E-state index is 0.162. The minimum atomic E-state index is -0.776. The van der Waals surface area contributed by atoms with Crippen LogP contribution in [0.3, 0.4) is 0 Å². The van der Waals surface area contributed by atoms with Crippen molar-refractivity contribution in [2.45, 2.75) is 38.9 Å². The van der Waals surface area contributed by atoms with E-state index < -0.39 is 24.3 Å². The van der Waals surface area contributed by atoms with Crippen LogP contribution in [0.25, 0.3) is 0 Å². The van der Waals surface area contributed by atoms with Gasteiger partial charge in [0.2, 0.25) is 0 Å². The normalized spacial score (nSPS) is 18.9. The predicted molar refractivity (Wildman–Crippen MR) is 83.2 cm³/mol. The van der Waals surface area contributed by atoms with E-state index >= 15 is 0 Å². The summed E-state index contributed by atoms with van der Waals surface area (Å²) < 4.78 is 16.6. The van der Waals surface area contributed by atoms with Crippen LogP contribution in [0.4, 0.5) is 0 Å². The van der Waals surface area contributed by atoms with E-state index in [0.717, 1.165) is 0 Å². The van der Waals surface area contributed by atoms with Crippen LogP contribution in [0, 0.1) is 11.3 Å². The smallest absolute Gasteiger partial charge is 0.465 e. The van der Waals surface area contributed by atoms with Gasteiger partial charge in [-0.05, 0) is 39.8 Å². The first-order valence-electron chi connectivity index (χ1n) is 6.80. The number of nitriles is 1. The molecule has 1 aromatic carbocycles. The highest BCUT2D eigenvalue weighted by Gasteiger charge is 2.52. The highest BCUT2D eigenvalue weighted by atomic mass is 35.5. The van der Waals surface area contributed by atoms with Gasteiger partial charge in [0.05, 0.1) is 34.5 Å². The zero-order valence-electron chi connectivity index (χ0n) is 13.2. The Morgan fingerprint density at radius 3 is 2.27 bits per heavy atom. The molecule has 1 heterocycles. The molecule has 0 amide bonds. The van der Waals surface area contributed by atoms with Crippen molar-refractivity contribution in [3.8, 4) is 6.07 Å². The van der Waals surface area contributed by atoms with Gasteiger partial charge in [-0.2, -0.15) is 5.26 Å². The maximum absolute atomic E-state index is 11.7. The van der Waals surface area contributed by atoms with Crippen LogP contribution in [0.15, 0.2) is 12.1 Å². The molecule has 0 unspecified atom stereocenters. The molecule has 1 aliphatic rings. The maximum atomic E-state index is 11.7. The Labute approximate surface area is 135 Å². The lowest BCUT2D eigenvalue weighted by Gasteiger charge is -2.32. The fourth-order valence-corrected chi connectivity index (χ4v) is 2.41. The minimum Gasteiger partial charge on any atom is -0.465 e. The van der Waals surface area contributed by atoms with Crippen molar-refractivity contribution in [2.24, 2.45) is 0 Å². The van der Waals surface area contributed by atoms with Crippen LogP contribution >= 0.6 is 11.6 Å². The molecule has 0 bridgehead atoms. The maximum Gasteiger partial charge on any atom is 0.496 e. The molecular weight excluding hydrogens is 304 g/mol. The summed E-state index contributed by atoms with van der Waals surface area (Å²) in [6, 6.07) is 4.97. The molecule has 7 heteroatoms. The number of nitrogens with zero attached hydrogens (tertiary/aromatic N) is 1. The van der Waals surface area contributed by atoms with Gasteiger partial charge in [0.25, 0.3) is 0 Å². The number of esters is 1. The van der Waals surface area contributed by atoms with Crippen LogP contribution < -0.4 is 5.46 Å². The second-order valence-electron chi connectivity index (χ2n) is 6.11. The molecule has 0 atom stereocenters. The summed E-state index contributed by atoms with van der Waals surface area (Å²) in [5.41, 5.74) is -0.214. The van der Waals surface area contributed by atoms with Gasteiger partial charge in [0, 0.05) is 5.46 Å². The van der Waals surface area contributed by atoms with Gasteiger partial charge in [-0.1, -0.05) is 11.6 Å². The third-order valence-corrected chi connectivity index (χ3v) is 4.46. The number of halogens is 1. The molecule has 116 valence electrons. The number of benzene rings is 1. The molecule has 0 spiro atoms. The molecule has 5 nitrogen and oxygen atoms in total. The van der Waals surface area contributed by atoms with Crippen molar-refractivity contribution < 1.29 is 18.8 Å². The number of hydrogen-bond donors (Lipinski definition) is 0. The Balaban J connectivity index is 2.54. The summed E-state index contributed by atoms with van der Waals surface area (Å²) >= 11 is 6.11. The lowest BCUT2D eigenvalue weighted by Crippen LogP contribution is -2.41. The molecule has 1 fully saturated rings. The van der Waals surface area contributed by atoms with Crippen molar-refractivity contribution in [1.29, 1.82) is 5.26 Å². The molecule has 22 heavy (non-hydrogen) atoms. The van der Waals surface area contributed by atoms with Gasteiger partial charge in [0.1, 0.15) is 6.07 Å². The third-order valence-electron chi connectivity index (χ3n) is 4.16. The Morgan fingerprint density at radius 1 is 1.27 bits per heavy atom. The van der Waals surface area contributed by atoms with E-state index in [2.05, 4.69) is 0 Å². The summed E-state index contributed by atoms with van der Waals surface area (Å²) in [4.78, 5) is 11.7. The van der Waals surface area contributed by atoms with Crippen LogP contribution in [0.1, 0.15) is 43.6 Å². The zero-order chi connectivity index (χ0) is 16.7. The fraction of sp³-hybridized carbons (Fsp3) is 0.467. The van der Waals surface area contributed by atoms with Gasteiger partial charge in [-0.15, -0.1) is 0 Å². The number of hydrogen-bond acceptors (Lipinski definition) is 5. The second-order valence-corrected chi connectivity index (χ2v) is 6.52. The number of methoxy groups -OCH3 is 1. The van der Waals surface area contributed by atoms with Crippen LogP contribution in [-0.2, 0) is 14.0 Å². The molecule has 0 aliphatic carbocycles. The predicted octanol–water partition coefficient (Wildman–Crippen LogP) is 2.30. The number of carbonyl (C=O) groups is 1. The summed E-state index contributed by atoms with van der Waals surface area (Å²) in [6.07, 6.45) is 0. The van der Waals surface area contributed by atoms with Crippen LogP contribution in [0.5, 0.6) is 0 Å². The Kier molecular flexibility index (Phi) is 4.27. The SMILES string of the molecule is COC(=O)c1cc(Cl)c(C#N)c(B2OC(C)(C)C(C)(C)O2)c1. The van der Waals surface area contributed by atoms with E-state index in [-0.39, 0.29) is 16.1 Å². The standard InChI is InChI=1S/C15H17BClNO4/c1-14(2)15(3,4)22-16(21-14)11-6-9(13(19)20-5)7-12(17)10(11)8-18/h6-7H,1-5H3. The molecule has 0 radical (unpaired) electrons. The molecule has 0 saturated carbocycles. The van der Waals surface area contributed by atoms with Gasteiger partial charge >= 0.3 is 13.1 Å². The van der Waals surface area contributed by atoms with Crippen molar-refractivity contribution in [2.75, 3.05) is 7.11 Å². The Morgan fingerprint density at radius 2 is 1.82 bits per heavy atom. The quantitative estimate of drug-likeness (QED) is 0.617. The lowest BCUT2D eigenvalue weighted by molar-refractivity contribution is 0.00578. The number of ether oxygens (including phenoxy) is 1. The molecule has 1 aliphatic heterocycles. The molecular formula is C15H17BClNO4. The van der Waals surface area contributed by atoms with Gasteiger partial charge in [-0.25, -0.2) is 4.79 Å². The highest BCUT2D eigenvalue weighted by Crippen LogP contribution is 2.37. The van der Waals surface area contributed by atoms with Crippen molar-refractivity contribution in [1.82, 2.24) is 0 Å². The van der Waals surface area contributed by atoms with E-state index in [1.54, 1.807) is 0 Å². The first-order chi connectivity index (χ1) is 10.1. The second kappa shape index (κ2) is 5.58. The lowest BCUT2D eigenvalue weighted by atomic mass is 9.75. The van der Waals surface area contributed by atoms with Gasteiger partial charge in [0.15, 0.2) is 0 Å². The molecule has 0 aromatic heterocycles. The average molecular weight is 322 g/mol. The average Bonchev–Trinajstić information content (AvgIpc) is 2.65. The summed E-state index contributed by atoms with van der Waals surface area (Å²) in [6.45, 7) is 7.63. The van der Waals surface area contributed by atoms with E-state index in [0.29, 0.717) is 5.46 Å². The summed E-state index contributed by atoms with van der Waals surface area (Å²) in [5, 5.41) is 9.51. The first kappa shape index (κ1) is 16.8. The van der Waals surface area contributed by atoms with E-state index in [1.165, 1.54) is 19.2 Å². The fourth-order valence-electron chi connectivity index (χ4n) is 2.14. The molecule has 0 N–H and O–H groups in total. The Bertz CT molecular complexity index is 650. The van der Waals surface area contributed by atoms with Crippen molar-refractivity contribution in [3.05, 3.63) is 28.3 Å². The molecule has 1 aromatic rings. The van der Waals surface area contributed by atoms with Gasteiger partial charge in [-0.3, -0.25) is 0 Å². The van der Waals surface area contributed by atoms with Crippen LogP contribution in [0.2, 0.25) is 5.02 Å². The van der Waals surface area contributed by atoms with Crippen molar-refractivity contribution >= 4 is 30.2 Å². The zero-order valence-corrected chi connectivity index (χ0v) is 13.9. The third kappa shape index (κ3) is 2.72. The number of carbonyl (C=O) groups excluding carboxylic acids is 1. The van der Waals surface area contributed by atoms with E-state index in [1.807, 2.05) is 33.8 Å². The molecule has 2 rings (SSSR count). The largest absolute Gasteiger partial charge is 0.496 e. The monoisotopic (exact) mass is 321 g/mol. The first-order valence-corrected chi connectivity index (χ1v) is 7.18.